The Morgan fingerprint density at radius 1 is 1.18 bits per heavy atom. The molecule has 2 aromatic rings. The van der Waals surface area contributed by atoms with Gasteiger partial charge in [0.15, 0.2) is 0 Å². The van der Waals surface area contributed by atoms with Crippen molar-refractivity contribution in [2.75, 3.05) is 5.32 Å². The number of carbonyl (C=O) groups is 1. The SMILES string of the molecule is O=C(Nc1nccc(Cl)n1)c1cc(Cl)ccn1. The minimum atomic E-state index is -0.449. The monoisotopic (exact) mass is 268 g/mol. The molecular formula is C10H6Cl2N4O. The first kappa shape index (κ1) is 11.8. The van der Waals surface area contributed by atoms with E-state index < -0.39 is 5.91 Å². The van der Waals surface area contributed by atoms with Crippen molar-refractivity contribution >= 4 is 35.1 Å². The van der Waals surface area contributed by atoms with Crippen LogP contribution in [-0.2, 0) is 0 Å². The average molecular weight is 269 g/mol. The molecule has 2 rings (SSSR count). The number of anilines is 1. The summed E-state index contributed by atoms with van der Waals surface area (Å²) in [7, 11) is 0. The van der Waals surface area contributed by atoms with Crippen LogP contribution in [0.5, 0.6) is 0 Å². The molecule has 0 unspecified atom stereocenters. The molecule has 2 aromatic heterocycles. The van der Waals surface area contributed by atoms with E-state index in [0.29, 0.717) is 5.02 Å². The van der Waals surface area contributed by atoms with Crippen LogP contribution in [0.25, 0.3) is 0 Å². The van der Waals surface area contributed by atoms with Gasteiger partial charge in [-0.25, -0.2) is 9.97 Å². The van der Waals surface area contributed by atoms with Crippen LogP contribution >= 0.6 is 23.2 Å². The summed E-state index contributed by atoms with van der Waals surface area (Å²) in [5, 5.41) is 3.13. The number of pyridine rings is 1. The molecule has 1 amide bonds. The van der Waals surface area contributed by atoms with E-state index >= 15 is 0 Å². The Bertz CT molecular complexity index is 562. The molecule has 17 heavy (non-hydrogen) atoms. The average Bonchev–Trinajstić information content (AvgIpc) is 2.29. The molecule has 0 bridgehead atoms. The number of hydrogen-bond acceptors (Lipinski definition) is 4. The lowest BCUT2D eigenvalue weighted by molar-refractivity contribution is 0.102. The van der Waals surface area contributed by atoms with Gasteiger partial charge in [-0.15, -0.1) is 0 Å². The molecule has 0 aliphatic carbocycles. The zero-order valence-corrected chi connectivity index (χ0v) is 9.90. The van der Waals surface area contributed by atoms with E-state index in [1.165, 1.54) is 24.5 Å². The van der Waals surface area contributed by atoms with Gasteiger partial charge in [-0.05, 0) is 18.2 Å². The quantitative estimate of drug-likeness (QED) is 0.850. The molecule has 2 heterocycles. The van der Waals surface area contributed by atoms with Gasteiger partial charge in [0.25, 0.3) is 5.91 Å². The standard InChI is InChI=1S/C10H6Cl2N4O/c11-6-1-3-13-7(5-6)9(17)16-10-14-4-2-8(12)15-10/h1-5H,(H,14,15,16,17). The highest BCUT2D eigenvalue weighted by molar-refractivity contribution is 6.31. The second-order valence-electron chi connectivity index (χ2n) is 3.02. The number of rotatable bonds is 2. The first-order valence-corrected chi connectivity index (χ1v) is 5.32. The molecule has 86 valence electrons. The van der Waals surface area contributed by atoms with E-state index in [9.17, 15) is 4.79 Å². The van der Waals surface area contributed by atoms with Gasteiger partial charge < -0.3 is 0 Å². The minimum absolute atomic E-state index is 0.115. The van der Waals surface area contributed by atoms with Crippen molar-refractivity contribution in [3.05, 3.63) is 46.5 Å². The van der Waals surface area contributed by atoms with Gasteiger partial charge >= 0.3 is 0 Å². The summed E-state index contributed by atoms with van der Waals surface area (Å²) >= 11 is 11.4. The fraction of sp³-hybridized carbons (Fsp3) is 0. The van der Waals surface area contributed by atoms with E-state index in [0.717, 1.165) is 0 Å². The Kier molecular flexibility index (Phi) is 3.51. The third-order valence-electron chi connectivity index (χ3n) is 1.80. The van der Waals surface area contributed by atoms with Crippen LogP contribution in [0.4, 0.5) is 5.95 Å². The van der Waals surface area contributed by atoms with Crippen molar-refractivity contribution in [1.82, 2.24) is 15.0 Å². The Morgan fingerprint density at radius 3 is 2.65 bits per heavy atom. The number of amides is 1. The normalized spacial score (nSPS) is 10.0. The van der Waals surface area contributed by atoms with Crippen LogP contribution in [0.3, 0.4) is 0 Å². The Labute approximate surface area is 107 Å². The molecule has 0 fully saturated rings. The van der Waals surface area contributed by atoms with Crippen molar-refractivity contribution in [1.29, 1.82) is 0 Å². The second-order valence-corrected chi connectivity index (χ2v) is 3.84. The van der Waals surface area contributed by atoms with Crippen LogP contribution in [0.1, 0.15) is 10.5 Å². The smallest absolute Gasteiger partial charge is 0.276 e. The first-order chi connectivity index (χ1) is 8.15. The molecule has 0 aliphatic heterocycles. The van der Waals surface area contributed by atoms with Crippen molar-refractivity contribution < 1.29 is 4.79 Å². The fourth-order valence-corrected chi connectivity index (χ4v) is 1.39. The largest absolute Gasteiger partial charge is 0.289 e. The zero-order chi connectivity index (χ0) is 12.3. The third-order valence-corrected chi connectivity index (χ3v) is 2.25. The number of hydrogen-bond donors (Lipinski definition) is 1. The van der Waals surface area contributed by atoms with Crippen molar-refractivity contribution in [2.24, 2.45) is 0 Å². The van der Waals surface area contributed by atoms with Crippen LogP contribution in [0.15, 0.2) is 30.6 Å². The molecular weight excluding hydrogens is 263 g/mol. The molecule has 5 nitrogen and oxygen atoms in total. The lowest BCUT2D eigenvalue weighted by Gasteiger charge is -2.02. The van der Waals surface area contributed by atoms with Crippen molar-refractivity contribution in [3.63, 3.8) is 0 Å². The van der Waals surface area contributed by atoms with Crippen LogP contribution in [0.2, 0.25) is 10.2 Å². The highest BCUT2D eigenvalue weighted by Gasteiger charge is 2.09. The first-order valence-electron chi connectivity index (χ1n) is 4.56. The van der Waals surface area contributed by atoms with Gasteiger partial charge in [-0.1, -0.05) is 23.2 Å². The molecule has 0 aromatic carbocycles. The van der Waals surface area contributed by atoms with Crippen LogP contribution in [0, 0.1) is 0 Å². The Balaban J connectivity index is 2.17. The van der Waals surface area contributed by atoms with Gasteiger partial charge in [0.05, 0.1) is 0 Å². The number of nitrogens with zero attached hydrogens (tertiary/aromatic N) is 3. The molecule has 0 saturated heterocycles. The maximum atomic E-state index is 11.7. The summed E-state index contributed by atoms with van der Waals surface area (Å²) in [6.45, 7) is 0. The predicted molar refractivity (Wildman–Crippen MR) is 64.2 cm³/mol. The minimum Gasteiger partial charge on any atom is -0.289 e. The van der Waals surface area contributed by atoms with Gasteiger partial charge in [-0.2, -0.15) is 0 Å². The lowest BCUT2D eigenvalue weighted by Crippen LogP contribution is -2.15. The second kappa shape index (κ2) is 5.07. The summed E-state index contributed by atoms with van der Waals surface area (Å²) in [5.41, 5.74) is 0.182. The van der Waals surface area contributed by atoms with Crippen LogP contribution < -0.4 is 5.32 Å². The summed E-state index contributed by atoms with van der Waals surface area (Å²) in [6, 6.07) is 4.53. The summed E-state index contributed by atoms with van der Waals surface area (Å²) in [6.07, 6.45) is 2.88. The van der Waals surface area contributed by atoms with E-state index in [1.807, 2.05) is 0 Å². The molecule has 0 radical (unpaired) electrons. The van der Waals surface area contributed by atoms with Crippen molar-refractivity contribution in [3.8, 4) is 0 Å². The van der Waals surface area contributed by atoms with Gasteiger partial charge in [-0.3, -0.25) is 15.1 Å². The maximum Gasteiger partial charge on any atom is 0.276 e. The number of aromatic nitrogens is 3. The molecule has 1 N–H and O–H groups in total. The van der Waals surface area contributed by atoms with Gasteiger partial charge in [0.1, 0.15) is 10.8 Å². The van der Waals surface area contributed by atoms with E-state index in [1.54, 1.807) is 6.07 Å². The van der Waals surface area contributed by atoms with E-state index in [-0.39, 0.29) is 16.8 Å². The molecule has 0 saturated carbocycles. The Morgan fingerprint density at radius 2 is 1.94 bits per heavy atom. The summed E-state index contributed by atoms with van der Waals surface area (Å²) in [4.78, 5) is 23.3. The molecule has 0 atom stereocenters. The molecule has 0 spiro atoms. The molecule has 7 heteroatoms. The number of carbonyl (C=O) groups excluding carboxylic acids is 1. The van der Waals surface area contributed by atoms with E-state index in [4.69, 9.17) is 23.2 Å². The van der Waals surface area contributed by atoms with Gasteiger partial charge in [0, 0.05) is 17.4 Å². The van der Waals surface area contributed by atoms with Gasteiger partial charge in [0.2, 0.25) is 5.95 Å². The van der Waals surface area contributed by atoms with E-state index in [2.05, 4.69) is 20.3 Å². The Hall–Kier alpha value is -1.72. The van der Waals surface area contributed by atoms with Crippen molar-refractivity contribution in [2.45, 2.75) is 0 Å². The number of halogens is 2. The third kappa shape index (κ3) is 3.12. The van der Waals surface area contributed by atoms with Crippen LogP contribution in [-0.4, -0.2) is 20.9 Å². The summed E-state index contributed by atoms with van der Waals surface area (Å²) in [5.74, 6) is -0.334. The molecule has 0 aliphatic rings. The highest BCUT2D eigenvalue weighted by atomic mass is 35.5. The fourth-order valence-electron chi connectivity index (χ4n) is 1.09. The topological polar surface area (TPSA) is 67.8 Å². The maximum absolute atomic E-state index is 11.7. The lowest BCUT2D eigenvalue weighted by atomic mass is 10.3. The summed E-state index contributed by atoms with van der Waals surface area (Å²) < 4.78 is 0. The number of nitrogens with one attached hydrogen (secondary N) is 1. The highest BCUT2D eigenvalue weighted by Crippen LogP contribution is 2.10. The zero-order valence-electron chi connectivity index (χ0n) is 8.39. The predicted octanol–water partition coefficient (Wildman–Crippen LogP) is 2.43.